The van der Waals surface area contributed by atoms with E-state index >= 15 is 0 Å². The Morgan fingerprint density at radius 1 is 1.14 bits per heavy atom. The van der Waals surface area contributed by atoms with Gasteiger partial charge in [-0.25, -0.2) is 0 Å². The summed E-state index contributed by atoms with van der Waals surface area (Å²) in [6, 6.07) is 0. The number of fused-ring (bicyclic) bond motifs is 1. The van der Waals surface area contributed by atoms with Gasteiger partial charge in [-0.3, -0.25) is 0 Å². The quantitative estimate of drug-likeness (QED) is 0.596. The van der Waals surface area contributed by atoms with E-state index in [0.717, 1.165) is 13.2 Å². The summed E-state index contributed by atoms with van der Waals surface area (Å²) in [6.45, 7) is 8.70. The van der Waals surface area contributed by atoms with Crippen LogP contribution >= 0.6 is 0 Å². The molecule has 0 radical (unpaired) electrons. The van der Waals surface area contributed by atoms with Crippen LogP contribution in [0.4, 0.5) is 0 Å². The molecule has 2 heterocycles. The van der Waals surface area contributed by atoms with Gasteiger partial charge in [-0.2, -0.15) is 0 Å². The molecule has 0 N–H and O–H groups in total. The van der Waals surface area contributed by atoms with Crippen molar-refractivity contribution in [1.29, 1.82) is 0 Å². The third kappa shape index (κ3) is 2.12. The number of hydrogen-bond donors (Lipinski definition) is 0. The number of rotatable bonds is 0. The predicted molar refractivity (Wildman–Crippen MR) is 56.0 cm³/mol. The SMILES string of the molecule is CC(C)(C)C1COC2OCCCC2C1. The summed E-state index contributed by atoms with van der Waals surface area (Å²) in [5, 5.41) is 0. The highest BCUT2D eigenvalue weighted by Crippen LogP contribution is 2.40. The molecule has 2 aliphatic heterocycles. The van der Waals surface area contributed by atoms with Gasteiger partial charge in [-0.15, -0.1) is 0 Å². The molecule has 2 rings (SSSR count). The molecule has 14 heavy (non-hydrogen) atoms. The van der Waals surface area contributed by atoms with Crippen LogP contribution in [0.1, 0.15) is 40.0 Å². The fourth-order valence-electron chi connectivity index (χ4n) is 2.48. The van der Waals surface area contributed by atoms with Gasteiger partial charge in [-0.1, -0.05) is 20.8 Å². The minimum absolute atomic E-state index is 0.113. The van der Waals surface area contributed by atoms with Gasteiger partial charge in [-0.05, 0) is 30.6 Å². The zero-order valence-corrected chi connectivity index (χ0v) is 9.58. The fourth-order valence-corrected chi connectivity index (χ4v) is 2.48. The third-order valence-corrected chi connectivity index (χ3v) is 3.66. The van der Waals surface area contributed by atoms with Crippen molar-refractivity contribution in [2.45, 2.75) is 46.3 Å². The first-order chi connectivity index (χ1) is 6.57. The van der Waals surface area contributed by atoms with E-state index in [4.69, 9.17) is 9.47 Å². The van der Waals surface area contributed by atoms with Crippen molar-refractivity contribution < 1.29 is 9.47 Å². The van der Waals surface area contributed by atoms with Crippen LogP contribution in [0, 0.1) is 17.3 Å². The summed E-state index contributed by atoms with van der Waals surface area (Å²) >= 11 is 0. The first-order valence-corrected chi connectivity index (χ1v) is 5.80. The first kappa shape index (κ1) is 10.4. The minimum Gasteiger partial charge on any atom is -0.352 e. The van der Waals surface area contributed by atoms with E-state index in [1.807, 2.05) is 0 Å². The average Bonchev–Trinajstić information content (AvgIpc) is 2.16. The van der Waals surface area contributed by atoms with Crippen LogP contribution in [0.5, 0.6) is 0 Å². The zero-order chi connectivity index (χ0) is 10.2. The molecule has 0 aliphatic carbocycles. The lowest BCUT2D eigenvalue weighted by Gasteiger charge is -2.43. The highest BCUT2D eigenvalue weighted by Gasteiger charge is 2.38. The molecule has 2 heteroatoms. The molecule has 0 bridgehead atoms. The lowest BCUT2D eigenvalue weighted by atomic mass is 9.74. The summed E-state index contributed by atoms with van der Waals surface area (Å²) < 4.78 is 11.4. The lowest BCUT2D eigenvalue weighted by Crippen LogP contribution is -2.43. The molecular weight excluding hydrogens is 176 g/mol. The van der Waals surface area contributed by atoms with E-state index in [-0.39, 0.29) is 6.29 Å². The maximum absolute atomic E-state index is 5.80. The Balaban J connectivity index is 1.96. The Labute approximate surface area is 87.0 Å². The monoisotopic (exact) mass is 198 g/mol. The summed E-state index contributed by atoms with van der Waals surface area (Å²) in [5.41, 5.74) is 0.377. The summed E-state index contributed by atoms with van der Waals surface area (Å²) in [7, 11) is 0. The number of hydrogen-bond acceptors (Lipinski definition) is 2. The van der Waals surface area contributed by atoms with E-state index in [0.29, 0.717) is 17.3 Å². The Kier molecular flexibility index (Phi) is 2.85. The largest absolute Gasteiger partial charge is 0.352 e. The van der Waals surface area contributed by atoms with Crippen molar-refractivity contribution in [3.8, 4) is 0 Å². The van der Waals surface area contributed by atoms with Crippen molar-refractivity contribution in [2.75, 3.05) is 13.2 Å². The molecule has 2 nitrogen and oxygen atoms in total. The molecular formula is C12H22O2. The Bertz CT molecular complexity index is 195. The van der Waals surface area contributed by atoms with Crippen molar-refractivity contribution in [2.24, 2.45) is 17.3 Å². The molecule has 0 aromatic carbocycles. The normalized spacial score (nSPS) is 39.2. The minimum atomic E-state index is 0.113. The average molecular weight is 198 g/mol. The van der Waals surface area contributed by atoms with Crippen LogP contribution in [0.25, 0.3) is 0 Å². The molecule has 3 atom stereocenters. The maximum atomic E-state index is 5.80. The Hall–Kier alpha value is -0.0800. The molecule has 2 fully saturated rings. The molecule has 0 saturated carbocycles. The van der Waals surface area contributed by atoms with Crippen LogP contribution in [-0.2, 0) is 9.47 Å². The molecule has 0 aromatic rings. The van der Waals surface area contributed by atoms with Gasteiger partial charge in [0.1, 0.15) is 0 Å². The van der Waals surface area contributed by atoms with Gasteiger partial charge in [0.2, 0.25) is 0 Å². The van der Waals surface area contributed by atoms with Crippen LogP contribution in [0.2, 0.25) is 0 Å². The Morgan fingerprint density at radius 2 is 1.93 bits per heavy atom. The second kappa shape index (κ2) is 3.82. The van der Waals surface area contributed by atoms with E-state index < -0.39 is 0 Å². The van der Waals surface area contributed by atoms with Crippen molar-refractivity contribution in [3.63, 3.8) is 0 Å². The van der Waals surface area contributed by atoms with Crippen LogP contribution < -0.4 is 0 Å². The van der Waals surface area contributed by atoms with Gasteiger partial charge in [0, 0.05) is 12.5 Å². The lowest BCUT2D eigenvalue weighted by molar-refractivity contribution is -0.232. The van der Waals surface area contributed by atoms with Gasteiger partial charge in [0.25, 0.3) is 0 Å². The molecule has 2 saturated heterocycles. The molecule has 3 unspecified atom stereocenters. The summed E-state index contributed by atoms with van der Waals surface area (Å²) in [6.07, 6.45) is 3.90. The molecule has 0 amide bonds. The molecule has 0 spiro atoms. The third-order valence-electron chi connectivity index (χ3n) is 3.66. The molecule has 0 aromatic heterocycles. The standard InChI is InChI=1S/C12H22O2/c1-12(2,3)10-7-9-5-4-6-13-11(9)14-8-10/h9-11H,4-8H2,1-3H3. The van der Waals surface area contributed by atoms with Crippen LogP contribution in [-0.4, -0.2) is 19.5 Å². The molecule has 82 valence electrons. The first-order valence-electron chi connectivity index (χ1n) is 5.80. The maximum Gasteiger partial charge on any atom is 0.160 e. The smallest absolute Gasteiger partial charge is 0.160 e. The summed E-state index contributed by atoms with van der Waals surface area (Å²) in [4.78, 5) is 0. The van der Waals surface area contributed by atoms with Gasteiger partial charge in [0.15, 0.2) is 6.29 Å². The van der Waals surface area contributed by atoms with Crippen molar-refractivity contribution in [3.05, 3.63) is 0 Å². The second-order valence-electron chi connectivity index (χ2n) is 5.77. The van der Waals surface area contributed by atoms with E-state index in [1.54, 1.807) is 0 Å². The van der Waals surface area contributed by atoms with E-state index in [1.165, 1.54) is 19.3 Å². The topological polar surface area (TPSA) is 18.5 Å². The van der Waals surface area contributed by atoms with Crippen LogP contribution in [0.15, 0.2) is 0 Å². The van der Waals surface area contributed by atoms with Gasteiger partial charge >= 0.3 is 0 Å². The van der Waals surface area contributed by atoms with E-state index in [2.05, 4.69) is 20.8 Å². The van der Waals surface area contributed by atoms with Crippen LogP contribution in [0.3, 0.4) is 0 Å². The Morgan fingerprint density at radius 3 is 2.64 bits per heavy atom. The van der Waals surface area contributed by atoms with Crippen molar-refractivity contribution in [1.82, 2.24) is 0 Å². The van der Waals surface area contributed by atoms with Gasteiger partial charge < -0.3 is 9.47 Å². The second-order valence-corrected chi connectivity index (χ2v) is 5.77. The summed E-state index contributed by atoms with van der Waals surface area (Å²) in [5.74, 6) is 1.35. The van der Waals surface area contributed by atoms with Crippen molar-refractivity contribution >= 4 is 0 Å². The number of ether oxygens (including phenoxy) is 2. The fraction of sp³-hybridized carbons (Fsp3) is 1.00. The van der Waals surface area contributed by atoms with Gasteiger partial charge in [0.05, 0.1) is 6.61 Å². The highest BCUT2D eigenvalue weighted by atomic mass is 16.7. The zero-order valence-electron chi connectivity index (χ0n) is 9.58. The molecule has 2 aliphatic rings. The predicted octanol–water partition coefficient (Wildman–Crippen LogP) is 2.82. The highest BCUT2D eigenvalue weighted by molar-refractivity contribution is 4.83. The van der Waals surface area contributed by atoms with E-state index in [9.17, 15) is 0 Å².